The number of aryl methyl sites for hydroxylation is 2. The molecule has 6 heteroatoms. The fourth-order valence-corrected chi connectivity index (χ4v) is 5.79. The van der Waals surface area contributed by atoms with Crippen LogP contribution in [0.15, 0.2) is 11.1 Å². The summed E-state index contributed by atoms with van der Waals surface area (Å²) in [6, 6.07) is 4.02. The van der Waals surface area contributed by atoms with Gasteiger partial charge in [0.1, 0.15) is 11.1 Å². The third-order valence-corrected chi connectivity index (χ3v) is 6.92. The summed E-state index contributed by atoms with van der Waals surface area (Å²) >= 11 is 1.39. The van der Waals surface area contributed by atoms with Gasteiger partial charge in [0, 0.05) is 11.4 Å². The first-order chi connectivity index (χ1) is 8.94. The summed E-state index contributed by atoms with van der Waals surface area (Å²) in [7, 11) is -2.93. The Balaban J connectivity index is 2.19. The van der Waals surface area contributed by atoms with Gasteiger partial charge < -0.3 is 0 Å². The van der Waals surface area contributed by atoms with Crippen LogP contribution >= 0.6 is 11.8 Å². The van der Waals surface area contributed by atoms with Crippen LogP contribution in [0.3, 0.4) is 0 Å². The second kappa shape index (κ2) is 5.51. The van der Waals surface area contributed by atoms with E-state index in [9.17, 15) is 8.42 Å². The monoisotopic (exact) mass is 296 g/mol. The molecule has 1 aliphatic rings. The van der Waals surface area contributed by atoms with Gasteiger partial charge in [0.25, 0.3) is 0 Å². The van der Waals surface area contributed by atoms with Crippen molar-refractivity contribution in [1.29, 1.82) is 5.26 Å². The molecule has 4 nitrogen and oxygen atoms in total. The van der Waals surface area contributed by atoms with Gasteiger partial charge in [-0.05, 0) is 38.3 Å². The van der Waals surface area contributed by atoms with Crippen LogP contribution in [-0.4, -0.2) is 30.2 Å². The Morgan fingerprint density at radius 2 is 2.26 bits per heavy atom. The molecule has 2 heterocycles. The minimum Gasteiger partial charge on any atom is -0.245 e. The Morgan fingerprint density at radius 3 is 2.84 bits per heavy atom. The van der Waals surface area contributed by atoms with Crippen molar-refractivity contribution in [3.63, 3.8) is 0 Å². The molecule has 0 spiro atoms. The van der Waals surface area contributed by atoms with Crippen molar-refractivity contribution < 1.29 is 8.42 Å². The Kier molecular flexibility index (Phi) is 4.16. The van der Waals surface area contributed by atoms with Gasteiger partial charge in [-0.2, -0.15) is 5.26 Å². The molecule has 1 atom stereocenters. The maximum absolute atomic E-state index is 11.8. The molecule has 0 radical (unpaired) electrons. The number of nitriles is 1. The molecule has 1 aromatic heterocycles. The Bertz CT molecular complexity index is 633. The van der Waals surface area contributed by atoms with Crippen LogP contribution in [0, 0.1) is 25.2 Å². The van der Waals surface area contributed by atoms with Crippen molar-refractivity contribution in [3.05, 3.63) is 22.9 Å². The number of hydrogen-bond donors (Lipinski definition) is 0. The Labute approximate surface area is 118 Å². The van der Waals surface area contributed by atoms with Crippen molar-refractivity contribution >= 4 is 21.6 Å². The first-order valence-corrected chi connectivity index (χ1v) is 8.87. The molecule has 1 aliphatic heterocycles. The van der Waals surface area contributed by atoms with E-state index in [1.165, 1.54) is 11.8 Å². The minimum absolute atomic E-state index is 0.285. The Hall–Kier alpha value is -1.06. The second-order valence-electron chi connectivity index (χ2n) is 4.81. The third kappa shape index (κ3) is 3.10. The highest BCUT2D eigenvalue weighted by Crippen LogP contribution is 2.29. The molecule has 1 unspecified atom stereocenters. The molecule has 0 aromatic carbocycles. The fourth-order valence-electron chi connectivity index (χ4n) is 2.26. The van der Waals surface area contributed by atoms with Crippen LogP contribution in [0.1, 0.15) is 29.7 Å². The lowest BCUT2D eigenvalue weighted by molar-refractivity contribution is 0.594. The predicted octanol–water partition coefficient (Wildman–Crippen LogP) is 2.24. The second-order valence-corrected chi connectivity index (χ2v) is 8.22. The summed E-state index contributed by atoms with van der Waals surface area (Å²) in [5, 5.41) is 9.53. The standard InChI is InChI=1S/C13H16N2O2S2/c1-9-6-10(2)15-13(12(9)7-14)18-8-11-4-3-5-19(11,16)17/h6,11H,3-5,8H2,1-2H3. The van der Waals surface area contributed by atoms with E-state index >= 15 is 0 Å². The topological polar surface area (TPSA) is 70.8 Å². The van der Waals surface area contributed by atoms with Crippen LogP contribution in [0.4, 0.5) is 0 Å². The summed E-state index contributed by atoms with van der Waals surface area (Å²) in [6.45, 7) is 3.76. The van der Waals surface area contributed by atoms with E-state index in [0.717, 1.165) is 24.1 Å². The average molecular weight is 296 g/mol. The van der Waals surface area contributed by atoms with Gasteiger partial charge in [0.05, 0.1) is 16.6 Å². The van der Waals surface area contributed by atoms with Crippen LogP contribution in [-0.2, 0) is 9.84 Å². The highest BCUT2D eigenvalue weighted by Gasteiger charge is 2.31. The number of thioether (sulfide) groups is 1. The molecule has 2 rings (SSSR count). The van der Waals surface area contributed by atoms with Gasteiger partial charge in [0.2, 0.25) is 0 Å². The van der Waals surface area contributed by atoms with Crippen molar-refractivity contribution in [3.8, 4) is 6.07 Å². The van der Waals surface area contributed by atoms with Crippen LogP contribution in [0.25, 0.3) is 0 Å². The van der Waals surface area contributed by atoms with E-state index < -0.39 is 9.84 Å². The maximum atomic E-state index is 11.8. The highest BCUT2D eigenvalue weighted by atomic mass is 32.2. The molecule has 1 aromatic rings. The van der Waals surface area contributed by atoms with Crippen molar-refractivity contribution in [2.24, 2.45) is 0 Å². The zero-order valence-electron chi connectivity index (χ0n) is 11.0. The number of pyridine rings is 1. The molecular formula is C13H16N2O2S2. The lowest BCUT2D eigenvalue weighted by Gasteiger charge is -2.10. The lowest BCUT2D eigenvalue weighted by atomic mass is 10.1. The van der Waals surface area contributed by atoms with E-state index in [2.05, 4.69) is 11.1 Å². The number of rotatable bonds is 3. The number of hydrogen-bond acceptors (Lipinski definition) is 5. The molecule has 0 aliphatic carbocycles. The molecule has 1 fully saturated rings. The van der Waals surface area contributed by atoms with E-state index in [1.807, 2.05) is 19.9 Å². The van der Waals surface area contributed by atoms with Crippen LogP contribution in [0.2, 0.25) is 0 Å². The van der Waals surface area contributed by atoms with Crippen LogP contribution < -0.4 is 0 Å². The fraction of sp³-hybridized carbons (Fsp3) is 0.538. The van der Waals surface area contributed by atoms with Gasteiger partial charge in [0.15, 0.2) is 9.84 Å². The molecular weight excluding hydrogens is 280 g/mol. The zero-order valence-corrected chi connectivity index (χ0v) is 12.6. The molecule has 1 saturated heterocycles. The van der Waals surface area contributed by atoms with Gasteiger partial charge in [-0.3, -0.25) is 0 Å². The van der Waals surface area contributed by atoms with Crippen molar-refractivity contribution in [1.82, 2.24) is 4.98 Å². The Morgan fingerprint density at radius 1 is 1.53 bits per heavy atom. The molecule has 0 saturated carbocycles. The predicted molar refractivity (Wildman–Crippen MR) is 76.0 cm³/mol. The summed E-state index contributed by atoms with van der Waals surface area (Å²) < 4.78 is 23.5. The molecule has 19 heavy (non-hydrogen) atoms. The molecule has 102 valence electrons. The normalized spacial score (nSPS) is 21.2. The average Bonchev–Trinajstić information content (AvgIpc) is 2.65. The smallest absolute Gasteiger partial charge is 0.153 e. The quantitative estimate of drug-likeness (QED) is 0.800. The minimum atomic E-state index is -2.93. The van der Waals surface area contributed by atoms with E-state index in [4.69, 9.17) is 5.26 Å². The van der Waals surface area contributed by atoms with Gasteiger partial charge in [-0.25, -0.2) is 13.4 Å². The van der Waals surface area contributed by atoms with Gasteiger partial charge in [-0.1, -0.05) is 0 Å². The number of sulfone groups is 1. The number of aromatic nitrogens is 1. The van der Waals surface area contributed by atoms with Gasteiger partial charge in [-0.15, -0.1) is 11.8 Å². The van der Waals surface area contributed by atoms with E-state index in [1.54, 1.807) is 0 Å². The van der Waals surface area contributed by atoms with E-state index in [0.29, 0.717) is 22.1 Å². The zero-order chi connectivity index (χ0) is 14.0. The largest absolute Gasteiger partial charge is 0.245 e. The van der Waals surface area contributed by atoms with Crippen molar-refractivity contribution in [2.45, 2.75) is 37.0 Å². The summed E-state index contributed by atoms with van der Waals surface area (Å²) in [6.07, 6.45) is 1.47. The third-order valence-electron chi connectivity index (χ3n) is 3.29. The number of nitrogens with zero attached hydrogens (tertiary/aromatic N) is 2. The SMILES string of the molecule is Cc1cc(C)c(C#N)c(SCC2CCCS2(=O)=O)n1. The first kappa shape index (κ1) is 14.4. The summed E-state index contributed by atoms with van der Waals surface area (Å²) in [5.74, 6) is 0.788. The highest BCUT2D eigenvalue weighted by molar-refractivity contribution is 8.01. The van der Waals surface area contributed by atoms with E-state index in [-0.39, 0.29) is 5.25 Å². The lowest BCUT2D eigenvalue weighted by Crippen LogP contribution is -2.18. The molecule has 0 N–H and O–H groups in total. The maximum Gasteiger partial charge on any atom is 0.153 e. The molecule has 0 bridgehead atoms. The van der Waals surface area contributed by atoms with Crippen molar-refractivity contribution in [2.75, 3.05) is 11.5 Å². The molecule has 0 amide bonds. The van der Waals surface area contributed by atoms with Crippen LogP contribution in [0.5, 0.6) is 0 Å². The first-order valence-electron chi connectivity index (χ1n) is 6.17. The summed E-state index contributed by atoms with van der Waals surface area (Å²) in [5.41, 5.74) is 2.31. The summed E-state index contributed by atoms with van der Waals surface area (Å²) in [4.78, 5) is 4.36. The van der Waals surface area contributed by atoms with Gasteiger partial charge >= 0.3 is 0 Å².